The SMILES string of the molecule is COC(=O)c1ccc(N2C(=O)NC(=O)/C(=C\c3cc(Cl)c(OS(=O)(=O)c4ccc(Cl)cc4)c(Cl)c3)C2=O)cc1. The number of carbonyl (C=O) groups excluding carboxylic acids is 4. The number of nitrogens with zero attached hydrogens (tertiary/aromatic N) is 1. The smallest absolute Gasteiger partial charge is 0.339 e. The van der Waals surface area contributed by atoms with Crippen molar-refractivity contribution in [2.24, 2.45) is 0 Å². The molecule has 0 atom stereocenters. The minimum atomic E-state index is -4.32. The van der Waals surface area contributed by atoms with Gasteiger partial charge in [-0.2, -0.15) is 8.42 Å². The number of barbiturate groups is 1. The quantitative estimate of drug-likeness (QED) is 0.181. The number of nitrogens with one attached hydrogen (secondary N) is 1. The number of imide groups is 2. The molecule has 14 heteroatoms. The Bertz CT molecular complexity index is 1630. The van der Waals surface area contributed by atoms with Gasteiger partial charge in [0.2, 0.25) is 0 Å². The summed E-state index contributed by atoms with van der Waals surface area (Å²) in [7, 11) is -3.12. The first-order chi connectivity index (χ1) is 18.4. The van der Waals surface area contributed by atoms with Crippen molar-refractivity contribution in [3.8, 4) is 5.75 Å². The second-order valence-electron chi connectivity index (χ2n) is 7.80. The summed E-state index contributed by atoms with van der Waals surface area (Å²) in [5, 5.41) is 1.91. The number of halogens is 3. The van der Waals surface area contributed by atoms with Crippen molar-refractivity contribution < 1.29 is 36.5 Å². The topological polar surface area (TPSA) is 136 Å². The number of carbonyl (C=O) groups is 4. The molecular formula is C25H15Cl3N2O8S. The van der Waals surface area contributed by atoms with E-state index in [1.165, 1.54) is 67.8 Å². The molecule has 200 valence electrons. The average molecular weight is 610 g/mol. The summed E-state index contributed by atoms with van der Waals surface area (Å²) in [6.07, 6.45) is 1.12. The molecule has 0 bridgehead atoms. The highest BCUT2D eigenvalue weighted by atomic mass is 35.5. The molecule has 4 rings (SSSR count). The molecule has 10 nitrogen and oxygen atoms in total. The van der Waals surface area contributed by atoms with Crippen LogP contribution in [0.3, 0.4) is 0 Å². The molecule has 0 unspecified atom stereocenters. The number of hydrogen-bond acceptors (Lipinski definition) is 8. The number of urea groups is 1. The lowest BCUT2D eigenvalue weighted by Crippen LogP contribution is -2.54. The molecule has 0 aromatic heterocycles. The number of benzene rings is 3. The summed E-state index contributed by atoms with van der Waals surface area (Å²) in [4.78, 5) is 50.2. The monoisotopic (exact) mass is 608 g/mol. The van der Waals surface area contributed by atoms with Crippen LogP contribution in [0.4, 0.5) is 10.5 Å². The largest absolute Gasteiger partial charge is 0.465 e. The molecule has 1 aliphatic heterocycles. The van der Waals surface area contributed by atoms with E-state index in [0.717, 1.165) is 6.08 Å². The van der Waals surface area contributed by atoms with Crippen molar-refractivity contribution in [2.75, 3.05) is 12.0 Å². The number of esters is 1. The molecule has 39 heavy (non-hydrogen) atoms. The second-order valence-corrected chi connectivity index (χ2v) is 10.6. The van der Waals surface area contributed by atoms with Gasteiger partial charge in [0.15, 0.2) is 5.75 Å². The molecule has 0 aliphatic carbocycles. The number of rotatable bonds is 6. The number of ether oxygens (including phenoxy) is 1. The molecule has 3 aromatic carbocycles. The Morgan fingerprint density at radius 3 is 2.08 bits per heavy atom. The van der Waals surface area contributed by atoms with Crippen molar-refractivity contribution in [2.45, 2.75) is 4.90 Å². The molecule has 4 amide bonds. The van der Waals surface area contributed by atoms with Crippen molar-refractivity contribution in [3.05, 3.63) is 92.4 Å². The minimum Gasteiger partial charge on any atom is -0.465 e. The summed E-state index contributed by atoms with van der Waals surface area (Å²) in [6.45, 7) is 0. The summed E-state index contributed by atoms with van der Waals surface area (Å²) in [6, 6.07) is 12.0. The third-order valence-corrected chi connectivity index (χ3v) is 7.32. The molecule has 0 spiro atoms. The fraction of sp³-hybridized carbons (Fsp3) is 0.0400. The van der Waals surface area contributed by atoms with Crippen LogP contribution in [0.15, 0.2) is 71.1 Å². The van der Waals surface area contributed by atoms with Gasteiger partial charge in [-0.15, -0.1) is 0 Å². The van der Waals surface area contributed by atoms with E-state index in [9.17, 15) is 27.6 Å². The molecule has 1 fully saturated rings. The van der Waals surface area contributed by atoms with Crippen molar-refractivity contribution in [3.63, 3.8) is 0 Å². The van der Waals surface area contributed by atoms with E-state index < -0.39 is 39.5 Å². The molecule has 3 aromatic rings. The Morgan fingerprint density at radius 1 is 0.923 bits per heavy atom. The maximum absolute atomic E-state index is 13.1. The van der Waals surface area contributed by atoms with E-state index in [4.69, 9.17) is 39.0 Å². The van der Waals surface area contributed by atoms with E-state index in [1.54, 1.807) is 0 Å². The van der Waals surface area contributed by atoms with Gasteiger partial charge in [-0.25, -0.2) is 14.5 Å². The zero-order chi connectivity index (χ0) is 28.5. The fourth-order valence-electron chi connectivity index (χ4n) is 3.42. The third kappa shape index (κ3) is 5.91. The van der Waals surface area contributed by atoms with Gasteiger partial charge >= 0.3 is 22.1 Å². The predicted octanol–water partition coefficient (Wildman–Crippen LogP) is 4.87. The van der Waals surface area contributed by atoms with Crippen molar-refractivity contribution >= 4 is 80.5 Å². The van der Waals surface area contributed by atoms with Crippen LogP contribution < -0.4 is 14.4 Å². The number of hydrogen-bond donors (Lipinski definition) is 1. The number of amides is 4. The maximum Gasteiger partial charge on any atom is 0.339 e. The first kappa shape index (κ1) is 28.1. The van der Waals surface area contributed by atoms with Crippen LogP contribution in [0.2, 0.25) is 15.1 Å². The Hall–Kier alpha value is -3.90. The Labute approximate surface area is 236 Å². The van der Waals surface area contributed by atoms with Gasteiger partial charge in [0.1, 0.15) is 10.5 Å². The number of anilines is 1. The van der Waals surface area contributed by atoms with Crippen LogP contribution in [0, 0.1) is 0 Å². The first-order valence-electron chi connectivity index (χ1n) is 10.7. The Morgan fingerprint density at radius 2 is 1.51 bits per heavy atom. The van der Waals surface area contributed by atoms with E-state index in [1.807, 2.05) is 0 Å². The van der Waals surface area contributed by atoms with Gasteiger partial charge in [0.25, 0.3) is 11.8 Å². The van der Waals surface area contributed by atoms with E-state index in [0.29, 0.717) is 9.92 Å². The Kier molecular flexibility index (Phi) is 7.98. The molecule has 0 saturated carbocycles. The van der Waals surface area contributed by atoms with Crippen LogP contribution in [0.25, 0.3) is 6.08 Å². The van der Waals surface area contributed by atoms with Gasteiger partial charge < -0.3 is 8.92 Å². The molecule has 1 aliphatic rings. The lowest BCUT2D eigenvalue weighted by atomic mass is 10.1. The summed E-state index contributed by atoms with van der Waals surface area (Å²) >= 11 is 18.3. The number of methoxy groups -OCH3 is 1. The molecule has 1 heterocycles. The molecule has 1 N–H and O–H groups in total. The van der Waals surface area contributed by atoms with Gasteiger partial charge in [-0.1, -0.05) is 34.8 Å². The third-order valence-electron chi connectivity index (χ3n) is 5.28. The van der Waals surface area contributed by atoms with E-state index in [-0.39, 0.29) is 37.5 Å². The highest BCUT2D eigenvalue weighted by Gasteiger charge is 2.37. The highest BCUT2D eigenvalue weighted by Crippen LogP contribution is 2.37. The predicted molar refractivity (Wildman–Crippen MR) is 143 cm³/mol. The highest BCUT2D eigenvalue weighted by molar-refractivity contribution is 7.87. The van der Waals surface area contributed by atoms with Gasteiger partial charge in [0.05, 0.1) is 28.4 Å². The minimum absolute atomic E-state index is 0.0794. The zero-order valence-electron chi connectivity index (χ0n) is 19.6. The van der Waals surface area contributed by atoms with Crippen molar-refractivity contribution in [1.82, 2.24) is 5.32 Å². The maximum atomic E-state index is 13.1. The van der Waals surface area contributed by atoms with Gasteiger partial charge in [-0.3, -0.25) is 14.9 Å². The zero-order valence-corrected chi connectivity index (χ0v) is 22.7. The van der Waals surface area contributed by atoms with Crippen molar-refractivity contribution in [1.29, 1.82) is 0 Å². The van der Waals surface area contributed by atoms with Crippen LogP contribution in [-0.4, -0.2) is 39.3 Å². The van der Waals surface area contributed by atoms with Crippen LogP contribution in [0.1, 0.15) is 15.9 Å². The fourth-order valence-corrected chi connectivity index (χ4v) is 5.19. The van der Waals surface area contributed by atoms with Gasteiger partial charge in [-0.05, 0) is 72.3 Å². The lowest BCUT2D eigenvalue weighted by Gasteiger charge is -2.26. The van der Waals surface area contributed by atoms with Crippen LogP contribution in [0.5, 0.6) is 5.75 Å². The molecule has 1 saturated heterocycles. The van der Waals surface area contributed by atoms with Crippen LogP contribution >= 0.6 is 34.8 Å². The van der Waals surface area contributed by atoms with Gasteiger partial charge in [0, 0.05) is 5.02 Å². The van der Waals surface area contributed by atoms with Crippen LogP contribution in [-0.2, 0) is 24.4 Å². The summed E-state index contributed by atoms with van der Waals surface area (Å²) in [5.74, 6) is -2.94. The first-order valence-corrected chi connectivity index (χ1v) is 13.2. The summed E-state index contributed by atoms with van der Waals surface area (Å²) < 4.78 is 35.0. The molecule has 0 radical (unpaired) electrons. The second kappa shape index (κ2) is 11.1. The normalized spacial score (nSPS) is 14.8. The van der Waals surface area contributed by atoms with E-state index >= 15 is 0 Å². The average Bonchev–Trinajstić information content (AvgIpc) is 2.89. The Balaban J connectivity index is 1.64. The molecular weight excluding hydrogens is 595 g/mol. The lowest BCUT2D eigenvalue weighted by molar-refractivity contribution is -0.122. The summed E-state index contributed by atoms with van der Waals surface area (Å²) in [5.41, 5.74) is -0.0466. The van der Waals surface area contributed by atoms with E-state index in [2.05, 4.69) is 10.1 Å². The standard InChI is InChI=1S/C25H15Cl3N2O8S/c1-37-24(33)14-2-6-16(7-3-14)30-23(32)18(22(31)29-25(30)34)10-13-11-19(27)21(20(28)12-13)38-39(35,36)17-8-4-15(26)5-9-17/h2-12H,1H3,(H,29,31,34)/b18-10+.